The zero-order chi connectivity index (χ0) is 23.9. The van der Waals surface area contributed by atoms with Crippen LogP contribution in [0.3, 0.4) is 0 Å². The second-order valence-electron chi connectivity index (χ2n) is 8.27. The Bertz CT molecular complexity index is 1270. The Morgan fingerprint density at radius 3 is 2.56 bits per heavy atom. The molecule has 0 amide bonds. The van der Waals surface area contributed by atoms with Crippen molar-refractivity contribution in [1.29, 1.82) is 0 Å². The van der Waals surface area contributed by atoms with Crippen LogP contribution in [0, 0.1) is 6.92 Å². The molecular weight excluding hydrogens is 428 g/mol. The van der Waals surface area contributed by atoms with Gasteiger partial charge in [0.05, 0.1) is 12.0 Å². The zero-order valence-corrected chi connectivity index (χ0v) is 19.4. The molecule has 0 radical (unpaired) electrons. The van der Waals surface area contributed by atoms with Gasteiger partial charge in [0.1, 0.15) is 18.1 Å². The number of rotatable bonds is 10. The lowest BCUT2D eigenvalue weighted by Crippen LogP contribution is -2.01. The van der Waals surface area contributed by atoms with Crippen molar-refractivity contribution in [2.75, 3.05) is 6.61 Å². The summed E-state index contributed by atoms with van der Waals surface area (Å²) in [7, 11) is 0. The van der Waals surface area contributed by atoms with Crippen molar-refractivity contribution in [1.82, 2.24) is 10.2 Å². The number of nitrogens with zero attached hydrogens (tertiary/aromatic N) is 1. The average Bonchev–Trinajstić information content (AvgIpc) is 3.50. The molecule has 2 heterocycles. The third-order valence-electron chi connectivity index (χ3n) is 5.78. The molecular formula is C28H28N2O4. The predicted octanol–water partition coefficient (Wildman–Crippen LogP) is 6.43. The second-order valence-corrected chi connectivity index (χ2v) is 8.27. The number of aromatic amines is 1. The van der Waals surface area contributed by atoms with Crippen molar-refractivity contribution in [2.24, 2.45) is 0 Å². The molecule has 0 atom stereocenters. The number of nitrogens with one attached hydrogen (secondary N) is 1. The monoisotopic (exact) mass is 456 g/mol. The lowest BCUT2D eigenvalue weighted by Gasteiger charge is -2.12. The smallest absolute Gasteiger partial charge is 0.303 e. The van der Waals surface area contributed by atoms with Crippen LogP contribution in [0.4, 0.5) is 0 Å². The van der Waals surface area contributed by atoms with Crippen molar-refractivity contribution in [3.8, 4) is 28.3 Å². The van der Waals surface area contributed by atoms with Gasteiger partial charge in [0, 0.05) is 35.2 Å². The SMILES string of the molecule is CC(=CCOc1ccccc1Cc1c(-c2ccc(-c3ccco3)cc2)n[nH]c1C)CCC(=O)O. The summed E-state index contributed by atoms with van der Waals surface area (Å²) in [5.41, 5.74) is 7.18. The van der Waals surface area contributed by atoms with E-state index in [-0.39, 0.29) is 6.42 Å². The maximum Gasteiger partial charge on any atom is 0.303 e. The van der Waals surface area contributed by atoms with Crippen LogP contribution >= 0.6 is 0 Å². The van der Waals surface area contributed by atoms with Crippen molar-refractivity contribution in [3.05, 3.63) is 95.4 Å². The van der Waals surface area contributed by atoms with E-state index in [1.54, 1.807) is 6.26 Å². The molecule has 4 rings (SSSR count). The number of aliphatic carboxylic acids is 1. The topological polar surface area (TPSA) is 88.4 Å². The highest BCUT2D eigenvalue weighted by Crippen LogP contribution is 2.31. The molecule has 6 nitrogen and oxygen atoms in total. The fraction of sp³-hybridized carbons (Fsp3) is 0.214. The van der Waals surface area contributed by atoms with E-state index in [9.17, 15) is 4.79 Å². The van der Waals surface area contributed by atoms with E-state index in [1.807, 2.05) is 62.4 Å². The molecule has 0 aliphatic rings. The number of para-hydroxylation sites is 1. The number of aromatic nitrogens is 2. The molecule has 0 bridgehead atoms. The third-order valence-corrected chi connectivity index (χ3v) is 5.78. The van der Waals surface area contributed by atoms with Crippen molar-refractivity contribution in [2.45, 2.75) is 33.1 Å². The van der Waals surface area contributed by atoms with Gasteiger partial charge in [-0.15, -0.1) is 0 Å². The van der Waals surface area contributed by atoms with Gasteiger partial charge in [-0.3, -0.25) is 9.89 Å². The molecule has 0 unspecified atom stereocenters. The number of furan rings is 1. The number of allylic oxidation sites excluding steroid dienone is 1. The van der Waals surface area contributed by atoms with Gasteiger partial charge in [0.15, 0.2) is 0 Å². The quantitative estimate of drug-likeness (QED) is 0.269. The summed E-state index contributed by atoms with van der Waals surface area (Å²) in [6.45, 7) is 4.35. The Hall–Kier alpha value is -4.06. The van der Waals surface area contributed by atoms with Crippen LogP contribution in [0.1, 0.15) is 36.6 Å². The zero-order valence-electron chi connectivity index (χ0n) is 19.4. The standard InChI is InChI=1S/C28H28N2O4/c1-19(9-14-27(31)32)15-17-34-26-7-4-3-6-23(26)18-24-20(2)29-30-28(24)22-12-10-21(11-13-22)25-8-5-16-33-25/h3-8,10-13,15-16H,9,14,17-18H2,1-2H3,(H,29,30)(H,31,32). The molecule has 0 saturated heterocycles. The molecule has 0 fully saturated rings. The van der Waals surface area contributed by atoms with E-state index in [4.69, 9.17) is 14.3 Å². The molecule has 0 aliphatic heterocycles. The number of H-pyrrole nitrogens is 1. The molecule has 0 spiro atoms. The Balaban J connectivity index is 1.50. The first kappa shape index (κ1) is 23.1. The van der Waals surface area contributed by atoms with Gasteiger partial charge in [-0.2, -0.15) is 5.10 Å². The summed E-state index contributed by atoms with van der Waals surface area (Å²) in [5, 5.41) is 16.5. The van der Waals surface area contributed by atoms with E-state index in [0.717, 1.165) is 50.7 Å². The number of hydrogen-bond donors (Lipinski definition) is 2. The van der Waals surface area contributed by atoms with Gasteiger partial charge >= 0.3 is 5.97 Å². The summed E-state index contributed by atoms with van der Waals surface area (Å²) < 4.78 is 11.5. The highest BCUT2D eigenvalue weighted by atomic mass is 16.5. The molecule has 2 aromatic carbocycles. The Labute approximate surface area is 198 Å². The lowest BCUT2D eigenvalue weighted by atomic mass is 9.98. The first-order chi connectivity index (χ1) is 16.5. The summed E-state index contributed by atoms with van der Waals surface area (Å²) in [6, 6.07) is 20.0. The lowest BCUT2D eigenvalue weighted by molar-refractivity contribution is -0.136. The second kappa shape index (κ2) is 10.7. The molecule has 0 aliphatic carbocycles. The van der Waals surface area contributed by atoms with E-state index >= 15 is 0 Å². The molecule has 4 aromatic rings. The van der Waals surface area contributed by atoms with Crippen LogP contribution in [-0.2, 0) is 11.2 Å². The number of carbonyl (C=O) groups is 1. The average molecular weight is 457 g/mol. The summed E-state index contributed by atoms with van der Waals surface area (Å²) >= 11 is 0. The van der Waals surface area contributed by atoms with E-state index in [1.165, 1.54) is 0 Å². The molecule has 6 heteroatoms. The van der Waals surface area contributed by atoms with Gasteiger partial charge in [0.2, 0.25) is 0 Å². The number of aryl methyl sites for hydroxylation is 1. The molecule has 0 saturated carbocycles. The third kappa shape index (κ3) is 5.64. The number of hydrogen-bond acceptors (Lipinski definition) is 4. The largest absolute Gasteiger partial charge is 0.489 e. The minimum Gasteiger partial charge on any atom is -0.489 e. The van der Waals surface area contributed by atoms with Crippen LogP contribution in [0.25, 0.3) is 22.6 Å². The number of carboxylic acid groups (broad SMARTS) is 1. The van der Waals surface area contributed by atoms with Crippen molar-refractivity contribution in [3.63, 3.8) is 0 Å². The molecule has 2 N–H and O–H groups in total. The van der Waals surface area contributed by atoms with E-state index < -0.39 is 5.97 Å². The van der Waals surface area contributed by atoms with Gasteiger partial charge in [0.25, 0.3) is 0 Å². The minimum absolute atomic E-state index is 0.129. The Morgan fingerprint density at radius 2 is 1.82 bits per heavy atom. The van der Waals surface area contributed by atoms with Crippen LogP contribution in [0.15, 0.2) is 83.0 Å². The van der Waals surface area contributed by atoms with Crippen LogP contribution in [-0.4, -0.2) is 27.9 Å². The fourth-order valence-corrected chi connectivity index (χ4v) is 3.80. The normalized spacial score (nSPS) is 11.5. The van der Waals surface area contributed by atoms with E-state index in [2.05, 4.69) is 28.4 Å². The highest BCUT2D eigenvalue weighted by molar-refractivity contribution is 5.69. The number of carboxylic acids is 1. The van der Waals surface area contributed by atoms with Gasteiger partial charge in [-0.1, -0.05) is 48.0 Å². The van der Waals surface area contributed by atoms with Crippen LogP contribution in [0.5, 0.6) is 5.75 Å². The Kier molecular flexibility index (Phi) is 7.28. The van der Waals surface area contributed by atoms with Gasteiger partial charge < -0.3 is 14.3 Å². The first-order valence-electron chi connectivity index (χ1n) is 11.3. The maximum absolute atomic E-state index is 10.8. The number of ether oxygens (including phenoxy) is 1. The van der Waals surface area contributed by atoms with Crippen molar-refractivity contribution < 1.29 is 19.1 Å². The van der Waals surface area contributed by atoms with Crippen LogP contribution in [0.2, 0.25) is 0 Å². The number of benzene rings is 2. The minimum atomic E-state index is -0.791. The summed E-state index contributed by atoms with van der Waals surface area (Å²) in [5.74, 6) is 0.855. The summed E-state index contributed by atoms with van der Waals surface area (Å²) in [4.78, 5) is 10.8. The highest BCUT2D eigenvalue weighted by Gasteiger charge is 2.15. The molecule has 174 valence electrons. The maximum atomic E-state index is 10.8. The van der Waals surface area contributed by atoms with Gasteiger partial charge in [-0.25, -0.2) is 0 Å². The fourth-order valence-electron chi connectivity index (χ4n) is 3.80. The van der Waals surface area contributed by atoms with Gasteiger partial charge in [-0.05, 0) is 50.1 Å². The van der Waals surface area contributed by atoms with Crippen LogP contribution < -0.4 is 4.74 Å². The molecule has 2 aromatic heterocycles. The predicted molar refractivity (Wildman–Crippen MR) is 132 cm³/mol. The first-order valence-corrected chi connectivity index (χ1v) is 11.3. The Morgan fingerprint density at radius 1 is 1.06 bits per heavy atom. The van der Waals surface area contributed by atoms with Crippen molar-refractivity contribution >= 4 is 5.97 Å². The molecule has 34 heavy (non-hydrogen) atoms. The van der Waals surface area contributed by atoms with E-state index in [0.29, 0.717) is 19.4 Å². The summed E-state index contributed by atoms with van der Waals surface area (Å²) in [6.07, 6.45) is 4.94.